The van der Waals surface area contributed by atoms with Crippen molar-refractivity contribution in [2.45, 2.75) is 30.7 Å². The third-order valence-electron chi connectivity index (χ3n) is 4.77. The molecule has 9 heteroatoms. The van der Waals surface area contributed by atoms with Crippen LogP contribution in [0.15, 0.2) is 41.3 Å². The first-order valence-corrected chi connectivity index (χ1v) is 10.6. The van der Waals surface area contributed by atoms with E-state index in [1.54, 1.807) is 18.2 Å². The molecule has 0 spiro atoms. The zero-order valence-corrected chi connectivity index (χ0v) is 16.2. The number of amides is 1. The smallest absolute Gasteiger partial charge is 0.243 e. The number of carbonyl (C=O) groups is 1. The molecule has 2 aromatic rings. The van der Waals surface area contributed by atoms with Crippen molar-refractivity contribution < 1.29 is 22.7 Å². The number of nitrogens with one attached hydrogen (secondary N) is 1. The maximum atomic E-state index is 13.2. The Morgan fingerprint density at radius 2 is 1.96 bits per heavy atom. The van der Waals surface area contributed by atoms with E-state index in [2.05, 4.69) is 10.3 Å². The highest BCUT2D eigenvalue weighted by Crippen LogP contribution is 2.35. The Morgan fingerprint density at radius 3 is 2.75 bits per heavy atom. The van der Waals surface area contributed by atoms with Gasteiger partial charge in [-0.1, -0.05) is 6.07 Å². The molecule has 3 heterocycles. The molecule has 1 aromatic carbocycles. The zero-order valence-electron chi connectivity index (χ0n) is 15.4. The van der Waals surface area contributed by atoms with Gasteiger partial charge in [-0.2, -0.15) is 4.31 Å². The van der Waals surface area contributed by atoms with Crippen molar-refractivity contribution in [2.75, 3.05) is 25.1 Å². The monoisotopic (exact) mass is 403 g/mol. The van der Waals surface area contributed by atoms with E-state index in [4.69, 9.17) is 9.47 Å². The molecule has 0 saturated carbocycles. The van der Waals surface area contributed by atoms with Gasteiger partial charge in [0.15, 0.2) is 11.5 Å². The van der Waals surface area contributed by atoms with Crippen LogP contribution in [0.25, 0.3) is 0 Å². The normalized spacial score (nSPS) is 19.4. The number of fused-ring (bicyclic) bond motifs is 1. The Kier molecular flexibility index (Phi) is 4.94. The number of carbonyl (C=O) groups excluding carboxylic acids is 1. The number of nitrogens with zero attached hydrogens (tertiary/aromatic N) is 2. The van der Waals surface area contributed by atoms with Crippen LogP contribution in [0, 0.1) is 6.92 Å². The van der Waals surface area contributed by atoms with Gasteiger partial charge < -0.3 is 14.8 Å². The third-order valence-corrected chi connectivity index (χ3v) is 6.67. The second kappa shape index (κ2) is 7.40. The number of hydrogen-bond donors (Lipinski definition) is 1. The van der Waals surface area contributed by atoms with Crippen LogP contribution in [0.1, 0.15) is 18.5 Å². The summed E-state index contributed by atoms with van der Waals surface area (Å²) in [5.41, 5.74) is 0.768. The first kappa shape index (κ1) is 18.7. The molecule has 2 aliphatic heterocycles. The Labute approximate surface area is 163 Å². The summed E-state index contributed by atoms with van der Waals surface area (Å²) in [5.74, 6) is 0.952. The molecule has 2 aliphatic rings. The number of pyridine rings is 1. The van der Waals surface area contributed by atoms with Gasteiger partial charge in [-0.25, -0.2) is 13.4 Å². The molecule has 1 aromatic heterocycles. The van der Waals surface area contributed by atoms with E-state index in [1.807, 2.05) is 13.0 Å². The third kappa shape index (κ3) is 3.55. The summed E-state index contributed by atoms with van der Waals surface area (Å²) in [6.45, 7) is 2.91. The fourth-order valence-corrected chi connectivity index (χ4v) is 5.10. The number of sulfonamides is 1. The Bertz CT molecular complexity index is 1010. The summed E-state index contributed by atoms with van der Waals surface area (Å²) in [5, 5.41) is 2.73. The predicted octanol–water partition coefficient (Wildman–Crippen LogP) is 1.95. The molecule has 1 saturated heterocycles. The lowest BCUT2D eigenvalue weighted by Crippen LogP contribution is -2.43. The van der Waals surface area contributed by atoms with Crippen molar-refractivity contribution in [2.24, 2.45) is 0 Å². The van der Waals surface area contributed by atoms with Crippen LogP contribution in [0.4, 0.5) is 5.82 Å². The maximum absolute atomic E-state index is 13.2. The van der Waals surface area contributed by atoms with E-state index in [9.17, 15) is 13.2 Å². The fourth-order valence-electron chi connectivity index (χ4n) is 3.43. The fraction of sp³-hybridized carbons (Fsp3) is 0.368. The Morgan fingerprint density at radius 1 is 1.18 bits per heavy atom. The number of ether oxygens (including phenoxy) is 2. The minimum absolute atomic E-state index is 0.0881. The summed E-state index contributed by atoms with van der Waals surface area (Å²) in [6.07, 6.45) is 1.07. The highest BCUT2D eigenvalue weighted by Gasteiger charge is 2.40. The quantitative estimate of drug-likeness (QED) is 0.838. The van der Waals surface area contributed by atoms with Crippen molar-refractivity contribution in [1.82, 2.24) is 9.29 Å². The highest BCUT2D eigenvalue weighted by molar-refractivity contribution is 7.89. The van der Waals surface area contributed by atoms with E-state index in [-0.39, 0.29) is 17.3 Å². The molecule has 148 valence electrons. The van der Waals surface area contributed by atoms with Crippen molar-refractivity contribution >= 4 is 21.7 Å². The van der Waals surface area contributed by atoms with Crippen molar-refractivity contribution in [3.05, 3.63) is 42.1 Å². The van der Waals surface area contributed by atoms with Gasteiger partial charge in [-0.15, -0.1) is 0 Å². The van der Waals surface area contributed by atoms with Gasteiger partial charge in [-0.3, -0.25) is 4.79 Å². The summed E-state index contributed by atoms with van der Waals surface area (Å²) in [4.78, 5) is 17.1. The SMILES string of the molecule is Cc1cccc(NC(=O)C2CCCN2S(=O)(=O)c2ccc3c(c2)OCCO3)n1. The molecular weight excluding hydrogens is 382 g/mol. The number of aryl methyl sites for hydroxylation is 1. The minimum Gasteiger partial charge on any atom is -0.486 e. The number of aromatic nitrogens is 1. The molecule has 1 unspecified atom stereocenters. The largest absolute Gasteiger partial charge is 0.486 e. The lowest BCUT2D eigenvalue weighted by atomic mass is 10.2. The standard InChI is InChI=1S/C19H21N3O5S/c1-13-4-2-6-18(20-13)21-19(23)15-5-3-9-22(15)28(24,25)14-7-8-16-17(12-14)27-11-10-26-16/h2,4,6-8,12,15H,3,5,9-11H2,1H3,(H,20,21,23). The molecule has 1 amide bonds. The molecule has 1 N–H and O–H groups in total. The van der Waals surface area contributed by atoms with E-state index >= 15 is 0 Å². The number of rotatable bonds is 4. The maximum Gasteiger partial charge on any atom is 0.243 e. The molecule has 4 rings (SSSR count). The van der Waals surface area contributed by atoms with Crippen LogP contribution < -0.4 is 14.8 Å². The second-order valence-corrected chi connectivity index (χ2v) is 8.62. The van der Waals surface area contributed by atoms with Crippen LogP contribution in [-0.2, 0) is 14.8 Å². The number of benzene rings is 1. The molecule has 0 radical (unpaired) electrons. The molecular formula is C19H21N3O5S. The van der Waals surface area contributed by atoms with E-state index in [1.165, 1.54) is 16.4 Å². The molecule has 28 heavy (non-hydrogen) atoms. The van der Waals surface area contributed by atoms with Crippen molar-refractivity contribution in [1.29, 1.82) is 0 Å². The van der Waals surface area contributed by atoms with E-state index in [0.29, 0.717) is 43.4 Å². The lowest BCUT2D eigenvalue weighted by Gasteiger charge is -2.24. The number of anilines is 1. The minimum atomic E-state index is -3.85. The van der Waals surface area contributed by atoms with Crippen molar-refractivity contribution in [3.63, 3.8) is 0 Å². The van der Waals surface area contributed by atoms with Gasteiger partial charge in [-0.05, 0) is 44.0 Å². The lowest BCUT2D eigenvalue weighted by molar-refractivity contribution is -0.119. The zero-order chi connectivity index (χ0) is 19.7. The van der Waals surface area contributed by atoms with Crippen LogP contribution in [-0.4, -0.2) is 49.4 Å². The molecule has 8 nitrogen and oxygen atoms in total. The Balaban J connectivity index is 1.57. The second-order valence-electron chi connectivity index (χ2n) is 6.73. The van der Waals surface area contributed by atoms with E-state index in [0.717, 1.165) is 5.69 Å². The van der Waals surface area contributed by atoms with Gasteiger partial charge in [0, 0.05) is 18.3 Å². The average molecular weight is 403 g/mol. The van der Waals surface area contributed by atoms with Gasteiger partial charge in [0.1, 0.15) is 25.1 Å². The molecule has 1 atom stereocenters. The predicted molar refractivity (Wildman–Crippen MR) is 102 cm³/mol. The Hall–Kier alpha value is -2.65. The van der Waals surface area contributed by atoms with Gasteiger partial charge in [0.05, 0.1) is 4.90 Å². The highest BCUT2D eigenvalue weighted by atomic mass is 32.2. The average Bonchev–Trinajstić information content (AvgIpc) is 3.18. The topological polar surface area (TPSA) is 97.8 Å². The number of hydrogen-bond acceptors (Lipinski definition) is 6. The van der Waals surface area contributed by atoms with Crippen molar-refractivity contribution in [3.8, 4) is 11.5 Å². The summed E-state index contributed by atoms with van der Waals surface area (Å²) in [7, 11) is -3.85. The van der Waals surface area contributed by atoms with Crippen LogP contribution >= 0.6 is 0 Å². The van der Waals surface area contributed by atoms with Gasteiger partial charge in [0.25, 0.3) is 0 Å². The molecule has 0 aliphatic carbocycles. The van der Waals surface area contributed by atoms with Crippen LogP contribution in [0.5, 0.6) is 11.5 Å². The first-order valence-electron chi connectivity index (χ1n) is 9.11. The molecule has 1 fully saturated rings. The summed E-state index contributed by atoms with van der Waals surface area (Å²) < 4.78 is 38.5. The van der Waals surface area contributed by atoms with E-state index < -0.39 is 16.1 Å². The van der Waals surface area contributed by atoms with Gasteiger partial charge in [0.2, 0.25) is 15.9 Å². The van der Waals surface area contributed by atoms with Crippen LogP contribution in [0.3, 0.4) is 0 Å². The van der Waals surface area contributed by atoms with Gasteiger partial charge >= 0.3 is 0 Å². The molecule has 0 bridgehead atoms. The summed E-state index contributed by atoms with van der Waals surface area (Å²) >= 11 is 0. The summed E-state index contributed by atoms with van der Waals surface area (Å²) in [6, 6.07) is 9.04. The first-order chi connectivity index (χ1) is 13.4. The van der Waals surface area contributed by atoms with Crippen LogP contribution in [0.2, 0.25) is 0 Å².